The van der Waals surface area contributed by atoms with E-state index >= 15 is 0 Å². The van der Waals surface area contributed by atoms with Crippen molar-refractivity contribution in [3.05, 3.63) is 24.3 Å². The highest BCUT2D eigenvalue weighted by molar-refractivity contribution is 5.77. The number of esters is 1. The summed E-state index contributed by atoms with van der Waals surface area (Å²) in [6.45, 7) is 6.50. The van der Waals surface area contributed by atoms with Gasteiger partial charge >= 0.3 is 5.97 Å². The molecule has 0 aromatic carbocycles. The third-order valence-corrected chi connectivity index (χ3v) is 13.8. The third-order valence-electron chi connectivity index (χ3n) is 13.8. The molecule has 390 valence electrons. The molecule has 0 saturated carbocycles. The predicted octanol–water partition coefficient (Wildman–Crippen LogP) is 18.2. The summed E-state index contributed by atoms with van der Waals surface area (Å²) < 4.78 is 5.96. The highest BCUT2D eigenvalue weighted by atomic mass is 16.5. The number of carbonyl (C=O) groups is 2. The topological polar surface area (TPSA) is 95.9 Å². The Morgan fingerprint density at radius 1 is 0.439 bits per heavy atom. The van der Waals surface area contributed by atoms with Gasteiger partial charge in [0, 0.05) is 6.42 Å². The fourth-order valence-corrected chi connectivity index (χ4v) is 9.31. The minimum Gasteiger partial charge on any atom is -0.462 e. The lowest BCUT2D eigenvalue weighted by molar-refractivity contribution is -0.151. The second-order valence-corrected chi connectivity index (χ2v) is 20.4. The van der Waals surface area contributed by atoms with Crippen molar-refractivity contribution in [1.82, 2.24) is 5.32 Å². The fourth-order valence-electron chi connectivity index (χ4n) is 9.31. The van der Waals surface area contributed by atoms with Gasteiger partial charge in [0.1, 0.15) is 6.10 Å². The molecule has 6 heteroatoms. The molecule has 0 radical (unpaired) electrons. The molecule has 3 unspecified atom stereocenters. The van der Waals surface area contributed by atoms with Crippen LogP contribution >= 0.6 is 0 Å². The van der Waals surface area contributed by atoms with Gasteiger partial charge < -0.3 is 20.3 Å². The first-order valence-electron chi connectivity index (χ1n) is 29.6. The number of ether oxygens (including phenoxy) is 1. The van der Waals surface area contributed by atoms with Gasteiger partial charge in [-0.05, 0) is 51.4 Å². The molecule has 3 N–H and O–H groups in total. The van der Waals surface area contributed by atoms with E-state index < -0.39 is 18.2 Å². The van der Waals surface area contributed by atoms with Crippen molar-refractivity contribution in [2.45, 2.75) is 341 Å². The lowest BCUT2D eigenvalue weighted by atomic mass is 10.0. The van der Waals surface area contributed by atoms with Gasteiger partial charge in [0.25, 0.3) is 0 Å². The van der Waals surface area contributed by atoms with E-state index in [0.717, 1.165) is 51.4 Å². The van der Waals surface area contributed by atoms with Gasteiger partial charge in [0.2, 0.25) is 5.91 Å². The summed E-state index contributed by atoms with van der Waals surface area (Å²) in [5, 5.41) is 23.9. The second-order valence-electron chi connectivity index (χ2n) is 20.4. The van der Waals surface area contributed by atoms with E-state index in [-0.39, 0.29) is 24.9 Å². The highest BCUT2D eigenvalue weighted by Crippen LogP contribution is 2.19. The van der Waals surface area contributed by atoms with Crippen LogP contribution < -0.4 is 5.32 Å². The molecule has 0 rings (SSSR count). The van der Waals surface area contributed by atoms with E-state index in [1.165, 1.54) is 225 Å². The number of carbonyl (C=O) groups excluding carboxylic acids is 2. The van der Waals surface area contributed by atoms with E-state index in [0.29, 0.717) is 19.3 Å². The number of aliphatic hydroxyl groups excluding tert-OH is 2. The number of rotatable bonds is 54. The minimum absolute atomic E-state index is 0.0792. The average molecular weight is 931 g/mol. The Kier molecular flexibility index (Phi) is 52.9. The van der Waals surface area contributed by atoms with E-state index in [2.05, 4.69) is 50.4 Å². The molecular weight excluding hydrogens is 815 g/mol. The van der Waals surface area contributed by atoms with Crippen LogP contribution in [0.1, 0.15) is 323 Å². The van der Waals surface area contributed by atoms with Gasteiger partial charge in [-0.25, -0.2) is 0 Å². The molecule has 0 heterocycles. The maximum absolute atomic E-state index is 13.3. The van der Waals surface area contributed by atoms with Crippen LogP contribution in [0.4, 0.5) is 0 Å². The van der Waals surface area contributed by atoms with Gasteiger partial charge in [0.15, 0.2) is 0 Å². The molecule has 66 heavy (non-hydrogen) atoms. The lowest BCUT2D eigenvalue weighted by Gasteiger charge is -2.24. The molecule has 0 aliphatic heterocycles. The lowest BCUT2D eigenvalue weighted by Crippen LogP contribution is -2.46. The van der Waals surface area contributed by atoms with Crippen molar-refractivity contribution in [3.63, 3.8) is 0 Å². The molecule has 0 spiro atoms. The summed E-state index contributed by atoms with van der Waals surface area (Å²) in [6, 6.07) is -0.700. The largest absolute Gasteiger partial charge is 0.462 e. The van der Waals surface area contributed by atoms with Crippen molar-refractivity contribution < 1.29 is 24.5 Å². The number of hydrogen-bond acceptors (Lipinski definition) is 5. The Balaban J connectivity index is 4.51. The van der Waals surface area contributed by atoms with E-state index in [9.17, 15) is 19.8 Å². The van der Waals surface area contributed by atoms with Crippen molar-refractivity contribution in [1.29, 1.82) is 0 Å². The van der Waals surface area contributed by atoms with E-state index in [4.69, 9.17) is 4.74 Å². The quantitative estimate of drug-likeness (QED) is 0.0321. The molecule has 0 aliphatic carbocycles. The molecular formula is C60H115NO5. The summed E-state index contributed by atoms with van der Waals surface area (Å²) in [4.78, 5) is 26.3. The number of aliphatic hydroxyl groups is 2. The van der Waals surface area contributed by atoms with Gasteiger partial charge in [0.05, 0.1) is 25.2 Å². The maximum Gasteiger partial charge on any atom is 0.306 e. The van der Waals surface area contributed by atoms with Crippen LogP contribution in [0, 0.1) is 0 Å². The predicted molar refractivity (Wildman–Crippen MR) is 287 cm³/mol. The van der Waals surface area contributed by atoms with Gasteiger partial charge in [-0.15, -0.1) is 0 Å². The van der Waals surface area contributed by atoms with Crippen molar-refractivity contribution in [3.8, 4) is 0 Å². The number of allylic oxidation sites excluding steroid dienone is 4. The number of amides is 1. The molecule has 1 amide bonds. The first kappa shape index (κ1) is 64.3. The summed E-state index contributed by atoms with van der Waals surface area (Å²) in [5.41, 5.74) is 0. The van der Waals surface area contributed by atoms with Gasteiger partial charge in [-0.2, -0.15) is 0 Å². The van der Waals surface area contributed by atoms with Gasteiger partial charge in [-0.3, -0.25) is 9.59 Å². The Morgan fingerprint density at radius 3 is 1.15 bits per heavy atom. The van der Waals surface area contributed by atoms with Crippen LogP contribution in [0.3, 0.4) is 0 Å². The number of unbranched alkanes of at least 4 members (excludes halogenated alkanes) is 39. The monoisotopic (exact) mass is 930 g/mol. The van der Waals surface area contributed by atoms with Crippen LogP contribution in [0.2, 0.25) is 0 Å². The van der Waals surface area contributed by atoms with Gasteiger partial charge in [-0.1, -0.05) is 283 Å². The first-order chi connectivity index (χ1) is 32.5. The zero-order valence-corrected chi connectivity index (χ0v) is 44.6. The maximum atomic E-state index is 13.3. The number of nitrogens with one attached hydrogen (secondary N) is 1. The van der Waals surface area contributed by atoms with Crippen LogP contribution in [0.5, 0.6) is 0 Å². The molecule has 0 fully saturated rings. The van der Waals surface area contributed by atoms with Crippen LogP contribution in [0.15, 0.2) is 24.3 Å². The molecule has 0 aliphatic rings. The van der Waals surface area contributed by atoms with E-state index in [1.807, 2.05) is 0 Å². The second kappa shape index (κ2) is 54.3. The standard InChI is InChI=1S/C60H115NO5/c1-4-7-10-13-16-19-22-25-28-29-32-34-37-40-43-46-49-52-58(63)57(55-62)61-59(64)54-56(51-48-45-42-39-36-33-30-26-23-20-17-14-11-8-5-2)66-60(65)53-50-47-44-41-38-35-31-27-24-21-18-15-12-9-6-3/h18,21,24,27,56-58,62-63H,4-17,19-20,22-23,25-26,28-55H2,1-3H3,(H,61,64)/b21-18+,27-24+. The summed E-state index contributed by atoms with van der Waals surface area (Å²) in [5.74, 6) is -0.466. The molecule has 0 saturated heterocycles. The van der Waals surface area contributed by atoms with Crippen molar-refractivity contribution in [2.24, 2.45) is 0 Å². The SMILES string of the molecule is CCCCC/C=C/C=C/CCCCCCCCC(=O)OC(CCCCCCCCCCCCCCCCC)CC(=O)NC(CO)C(O)CCCCCCCCCCCCCCCCCCC. The van der Waals surface area contributed by atoms with Crippen LogP contribution in [0.25, 0.3) is 0 Å². The summed E-state index contributed by atoms with van der Waals surface area (Å²) >= 11 is 0. The van der Waals surface area contributed by atoms with Crippen molar-refractivity contribution in [2.75, 3.05) is 6.61 Å². The van der Waals surface area contributed by atoms with E-state index in [1.54, 1.807) is 0 Å². The van der Waals surface area contributed by atoms with Crippen molar-refractivity contribution >= 4 is 11.9 Å². The molecule has 6 nitrogen and oxygen atoms in total. The Hall–Kier alpha value is -1.66. The normalized spacial score (nSPS) is 13.2. The molecule has 0 bridgehead atoms. The Labute approximate surface area is 411 Å². The molecule has 0 aromatic heterocycles. The summed E-state index contributed by atoms with van der Waals surface area (Å²) in [7, 11) is 0. The van der Waals surface area contributed by atoms with Crippen LogP contribution in [-0.4, -0.2) is 46.9 Å². The minimum atomic E-state index is -0.787. The molecule has 0 aromatic rings. The molecule has 3 atom stereocenters. The smallest absolute Gasteiger partial charge is 0.306 e. The summed E-state index contributed by atoms with van der Waals surface area (Å²) in [6.07, 6.45) is 63.8. The highest BCUT2D eigenvalue weighted by Gasteiger charge is 2.24. The average Bonchev–Trinajstić information content (AvgIpc) is 3.31. The zero-order valence-electron chi connectivity index (χ0n) is 44.6. The Bertz CT molecular complexity index is 1040. The first-order valence-corrected chi connectivity index (χ1v) is 29.6. The fraction of sp³-hybridized carbons (Fsp3) is 0.900. The zero-order chi connectivity index (χ0) is 48.1. The van der Waals surface area contributed by atoms with Crippen LogP contribution in [-0.2, 0) is 14.3 Å². The Morgan fingerprint density at radius 2 is 0.758 bits per heavy atom. The third kappa shape index (κ3) is 48.8. The number of hydrogen-bond donors (Lipinski definition) is 3.